The number of ether oxygens (including phenoxy) is 3. The van der Waals surface area contributed by atoms with Crippen LogP contribution in [0.5, 0.6) is 17.2 Å². The standard InChI is InChI=1S/C28H31NO6/c1-5-11-35-28(32)25-16(2)29-21-13-19(17-9-10-23(33-3)24(15-17)34-4)14-22(31)27(21)26(25)18-7-6-8-20(30)12-18/h6-10,12,15,19,26,29-30H,5,11,13-14H2,1-4H3/t19-,26-/m1/s1. The van der Waals surface area contributed by atoms with Gasteiger partial charge in [-0.05, 0) is 61.1 Å². The summed E-state index contributed by atoms with van der Waals surface area (Å²) in [4.78, 5) is 26.7. The number of dihydropyridines is 1. The number of carbonyl (C=O) groups excluding carboxylic acids is 2. The molecule has 0 radical (unpaired) electrons. The Balaban J connectivity index is 1.76. The molecule has 0 bridgehead atoms. The molecular formula is C28H31NO6. The zero-order chi connectivity index (χ0) is 25.1. The minimum absolute atomic E-state index is 0.0415. The van der Waals surface area contributed by atoms with Crippen LogP contribution in [0.3, 0.4) is 0 Å². The third-order valence-electron chi connectivity index (χ3n) is 6.57. The van der Waals surface area contributed by atoms with E-state index in [9.17, 15) is 14.7 Å². The number of allylic oxidation sites excluding steroid dienone is 3. The summed E-state index contributed by atoms with van der Waals surface area (Å²) in [5.41, 5.74) is 4.06. The van der Waals surface area contributed by atoms with Gasteiger partial charge in [0.15, 0.2) is 17.3 Å². The van der Waals surface area contributed by atoms with Crippen molar-refractivity contribution in [1.29, 1.82) is 0 Å². The van der Waals surface area contributed by atoms with Crippen LogP contribution in [-0.2, 0) is 14.3 Å². The van der Waals surface area contributed by atoms with Crippen molar-refractivity contribution in [1.82, 2.24) is 5.32 Å². The van der Waals surface area contributed by atoms with Gasteiger partial charge in [0.05, 0.1) is 26.4 Å². The summed E-state index contributed by atoms with van der Waals surface area (Å²) in [6.07, 6.45) is 1.59. The average molecular weight is 478 g/mol. The van der Waals surface area contributed by atoms with Gasteiger partial charge in [-0.1, -0.05) is 25.1 Å². The Morgan fingerprint density at radius 3 is 2.51 bits per heavy atom. The number of nitrogens with one attached hydrogen (secondary N) is 1. The number of benzene rings is 2. The normalized spacial score (nSPS) is 19.7. The molecule has 1 aliphatic carbocycles. The number of carbonyl (C=O) groups is 2. The van der Waals surface area contributed by atoms with Crippen molar-refractivity contribution in [3.63, 3.8) is 0 Å². The van der Waals surface area contributed by atoms with Gasteiger partial charge in [-0.25, -0.2) is 4.79 Å². The molecule has 2 aromatic rings. The van der Waals surface area contributed by atoms with Gasteiger partial charge in [-0.2, -0.15) is 0 Å². The number of rotatable bonds is 7. The van der Waals surface area contributed by atoms with Crippen LogP contribution in [0, 0.1) is 0 Å². The van der Waals surface area contributed by atoms with Crippen molar-refractivity contribution >= 4 is 11.8 Å². The van der Waals surface area contributed by atoms with Gasteiger partial charge < -0.3 is 24.6 Å². The summed E-state index contributed by atoms with van der Waals surface area (Å²) < 4.78 is 16.3. The van der Waals surface area contributed by atoms with Crippen LogP contribution in [0.4, 0.5) is 0 Å². The average Bonchev–Trinajstić information content (AvgIpc) is 2.85. The van der Waals surface area contributed by atoms with Gasteiger partial charge >= 0.3 is 5.97 Å². The number of esters is 1. The minimum atomic E-state index is -0.610. The van der Waals surface area contributed by atoms with Crippen LogP contribution in [-0.4, -0.2) is 37.7 Å². The summed E-state index contributed by atoms with van der Waals surface area (Å²) in [6.45, 7) is 4.05. The van der Waals surface area contributed by atoms with E-state index in [0.717, 1.165) is 11.3 Å². The Morgan fingerprint density at radius 1 is 1.06 bits per heavy atom. The van der Waals surface area contributed by atoms with E-state index in [0.29, 0.717) is 59.8 Å². The van der Waals surface area contributed by atoms with Crippen LogP contribution < -0.4 is 14.8 Å². The summed E-state index contributed by atoms with van der Waals surface area (Å²) in [7, 11) is 3.18. The molecule has 0 aromatic heterocycles. The van der Waals surface area contributed by atoms with E-state index in [2.05, 4.69) is 5.32 Å². The summed E-state index contributed by atoms with van der Waals surface area (Å²) in [5, 5.41) is 13.5. The lowest BCUT2D eigenvalue weighted by Gasteiger charge is -2.36. The fourth-order valence-corrected chi connectivity index (χ4v) is 4.96. The minimum Gasteiger partial charge on any atom is -0.508 e. The molecular weight excluding hydrogens is 446 g/mol. The smallest absolute Gasteiger partial charge is 0.336 e. The number of hydrogen-bond acceptors (Lipinski definition) is 7. The molecule has 0 spiro atoms. The first kappa shape index (κ1) is 24.4. The third-order valence-corrected chi connectivity index (χ3v) is 6.57. The van der Waals surface area contributed by atoms with Gasteiger partial charge in [0, 0.05) is 29.3 Å². The molecule has 0 unspecified atom stereocenters. The zero-order valence-electron chi connectivity index (χ0n) is 20.5. The largest absolute Gasteiger partial charge is 0.508 e. The van der Waals surface area contributed by atoms with Crippen molar-refractivity contribution in [3.8, 4) is 17.2 Å². The number of phenols is 1. The second-order valence-electron chi connectivity index (χ2n) is 8.86. The van der Waals surface area contributed by atoms with Crippen LogP contribution in [0.15, 0.2) is 65.0 Å². The lowest BCUT2D eigenvalue weighted by Crippen LogP contribution is -2.36. The van der Waals surface area contributed by atoms with Crippen LogP contribution in [0.2, 0.25) is 0 Å². The van der Waals surface area contributed by atoms with Crippen LogP contribution >= 0.6 is 0 Å². The molecule has 35 heavy (non-hydrogen) atoms. The van der Waals surface area contributed by atoms with Gasteiger partial charge in [-0.3, -0.25) is 4.79 Å². The van der Waals surface area contributed by atoms with Crippen molar-refractivity contribution in [2.24, 2.45) is 0 Å². The molecule has 1 aliphatic heterocycles. The molecule has 1 heterocycles. The van der Waals surface area contributed by atoms with Crippen molar-refractivity contribution in [3.05, 3.63) is 76.1 Å². The van der Waals surface area contributed by atoms with E-state index in [4.69, 9.17) is 14.2 Å². The molecule has 2 aliphatic rings. The maximum Gasteiger partial charge on any atom is 0.336 e. The van der Waals surface area contributed by atoms with Gasteiger partial charge in [0.25, 0.3) is 0 Å². The molecule has 0 saturated heterocycles. The maximum atomic E-state index is 13.7. The fourth-order valence-electron chi connectivity index (χ4n) is 4.96. The van der Waals surface area contributed by atoms with Crippen LogP contribution in [0.25, 0.3) is 0 Å². The topological polar surface area (TPSA) is 94.1 Å². The lowest BCUT2D eigenvalue weighted by atomic mass is 9.71. The quantitative estimate of drug-likeness (QED) is 0.557. The Bertz CT molecular complexity index is 1210. The summed E-state index contributed by atoms with van der Waals surface area (Å²) in [5.74, 6) is 0.164. The van der Waals surface area contributed by atoms with Crippen LogP contribution in [0.1, 0.15) is 56.1 Å². The Morgan fingerprint density at radius 2 is 1.83 bits per heavy atom. The van der Waals surface area contributed by atoms with Gasteiger partial charge in [0.1, 0.15) is 5.75 Å². The lowest BCUT2D eigenvalue weighted by molar-refractivity contribution is -0.139. The molecule has 2 N–H and O–H groups in total. The predicted molar refractivity (Wildman–Crippen MR) is 131 cm³/mol. The first-order chi connectivity index (χ1) is 16.9. The van der Waals surface area contributed by atoms with E-state index >= 15 is 0 Å². The fraction of sp³-hybridized carbons (Fsp3) is 0.357. The molecule has 0 amide bonds. The van der Waals surface area contributed by atoms with E-state index in [-0.39, 0.29) is 17.5 Å². The van der Waals surface area contributed by atoms with E-state index in [1.807, 2.05) is 38.1 Å². The Labute approximate surface area is 205 Å². The summed E-state index contributed by atoms with van der Waals surface area (Å²) >= 11 is 0. The molecule has 4 rings (SSSR count). The van der Waals surface area contributed by atoms with E-state index in [1.165, 1.54) is 0 Å². The number of Topliss-reactive ketones (excluding diaryl/α,β-unsaturated/α-hetero) is 1. The molecule has 2 atom stereocenters. The van der Waals surface area contributed by atoms with Crippen molar-refractivity contribution in [2.45, 2.75) is 44.9 Å². The van der Waals surface area contributed by atoms with Crippen molar-refractivity contribution < 1.29 is 28.9 Å². The Hall–Kier alpha value is -3.74. The molecule has 184 valence electrons. The second-order valence-corrected chi connectivity index (χ2v) is 8.86. The van der Waals surface area contributed by atoms with Gasteiger partial charge in [-0.15, -0.1) is 0 Å². The second kappa shape index (κ2) is 10.3. The first-order valence-electron chi connectivity index (χ1n) is 11.8. The van der Waals surface area contributed by atoms with Gasteiger partial charge in [0.2, 0.25) is 0 Å². The van der Waals surface area contributed by atoms with Crippen molar-refractivity contribution in [2.75, 3.05) is 20.8 Å². The summed E-state index contributed by atoms with van der Waals surface area (Å²) in [6, 6.07) is 12.4. The highest BCUT2D eigenvalue weighted by atomic mass is 16.5. The number of aromatic hydroxyl groups is 1. The molecule has 7 nitrogen and oxygen atoms in total. The highest BCUT2D eigenvalue weighted by Crippen LogP contribution is 2.46. The number of phenolic OH excluding ortho intramolecular Hbond substituents is 1. The van der Waals surface area contributed by atoms with E-state index in [1.54, 1.807) is 32.4 Å². The molecule has 0 fully saturated rings. The SMILES string of the molecule is CCCOC(=O)C1=C(C)NC2=C(C(=O)C[C@H](c3ccc(OC)c(OC)c3)C2)[C@@H]1c1cccc(O)c1. The molecule has 2 aromatic carbocycles. The number of ketones is 1. The molecule has 7 heteroatoms. The third kappa shape index (κ3) is 4.76. The first-order valence-corrected chi connectivity index (χ1v) is 11.8. The Kier molecular flexibility index (Phi) is 7.15. The molecule has 0 saturated carbocycles. The highest BCUT2D eigenvalue weighted by Gasteiger charge is 2.41. The number of methoxy groups -OCH3 is 2. The maximum absolute atomic E-state index is 13.7. The number of hydrogen-bond donors (Lipinski definition) is 2. The van der Waals surface area contributed by atoms with E-state index < -0.39 is 11.9 Å². The highest BCUT2D eigenvalue weighted by molar-refractivity contribution is 6.04. The monoisotopic (exact) mass is 477 g/mol. The zero-order valence-corrected chi connectivity index (χ0v) is 20.5. The predicted octanol–water partition coefficient (Wildman–Crippen LogP) is 4.72.